The highest BCUT2D eigenvalue weighted by molar-refractivity contribution is 5.99. The summed E-state index contributed by atoms with van der Waals surface area (Å²) in [6.45, 7) is 4.84. The number of hydrogen-bond donors (Lipinski definition) is 0. The van der Waals surface area contributed by atoms with Crippen LogP contribution in [0, 0.1) is 0 Å². The third kappa shape index (κ3) is 10.7. The molecule has 180 valence electrons. The van der Waals surface area contributed by atoms with Crippen LogP contribution in [0.4, 0.5) is 0 Å². The average molecular weight is 453 g/mol. The van der Waals surface area contributed by atoms with E-state index in [2.05, 4.69) is 13.8 Å². The number of benzene rings is 2. The molecule has 0 aliphatic rings. The van der Waals surface area contributed by atoms with Gasteiger partial charge in [-0.2, -0.15) is 0 Å². The van der Waals surface area contributed by atoms with E-state index in [4.69, 9.17) is 9.47 Å². The quantitative estimate of drug-likeness (QED) is 0.141. The van der Waals surface area contributed by atoms with E-state index in [9.17, 15) is 9.59 Å². The van der Waals surface area contributed by atoms with Crippen LogP contribution in [0.15, 0.2) is 48.5 Å². The highest BCUT2D eigenvalue weighted by Crippen LogP contribution is 2.15. The molecule has 0 radical (unpaired) electrons. The smallest absolute Gasteiger partial charge is 0.338 e. The first-order valence-electron chi connectivity index (χ1n) is 12.7. The number of Topliss-reactive ketones (excluding diaryl/α,β-unsaturated/α-hetero) is 1. The second kappa shape index (κ2) is 16.1. The SMILES string of the molecule is CCCCCCCCOc1ccc(C(=O)OCC(=O)c2ccc(CCCCCC)cc2)cc1. The van der Waals surface area contributed by atoms with Crippen LogP contribution in [0.2, 0.25) is 0 Å². The van der Waals surface area contributed by atoms with Crippen molar-refractivity contribution < 1.29 is 19.1 Å². The first-order chi connectivity index (χ1) is 16.1. The van der Waals surface area contributed by atoms with E-state index in [0.717, 1.165) is 18.6 Å². The van der Waals surface area contributed by atoms with Crippen LogP contribution in [0.5, 0.6) is 5.75 Å². The number of carbonyl (C=O) groups excluding carboxylic acids is 2. The molecule has 0 aliphatic carbocycles. The number of ether oxygens (including phenoxy) is 2. The Morgan fingerprint density at radius 3 is 1.91 bits per heavy atom. The number of rotatable bonds is 17. The van der Waals surface area contributed by atoms with Crippen molar-refractivity contribution in [2.24, 2.45) is 0 Å². The summed E-state index contributed by atoms with van der Waals surface area (Å²) >= 11 is 0. The lowest BCUT2D eigenvalue weighted by Crippen LogP contribution is -2.14. The first-order valence-corrected chi connectivity index (χ1v) is 12.7. The molecule has 0 bridgehead atoms. The van der Waals surface area contributed by atoms with E-state index in [1.54, 1.807) is 24.3 Å². The number of esters is 1. The zero-order valence-electron chi connectivity index (χ0n) is 20.4. The molecule has 0 amide bonds. The van der Waals surface area contributed by atoms with Gasteiger partial charge >= 0.3 is 5.97 Å². The summed E-state index contributed by atoms with van der Waals surface area (Å²) in [6, 6.07) is 14.5. The molecule has 4 heteroatoms. The molecule has 2 aromatic carbocycles. The third-order valence-electron chi connectivity index (χ3n) is 5.79. The van der Waals surface area contributed by atoms with Gasteiger partial charge in [0.25, 0.3) is 0 Å². The van der Waals surface area contributed by atoms with Crippen LogP contribution in [-0.4, -0.2) is 25.0 Å². The van der Waals surface area contributed by atoms with Crippen LogP contribution in [0.3, 0.4) is 0 Å². The van der Waals surface area contributed by atoms with Crippen molar-refractivity contribution in [3.63, 3.8) is 0 Å². The van der Waals surface area contributed by atoms with Gasteiger partial charge in [0.1, 0.15) is 5.75 Å². The lowest BCUT2D eigenvalue weighted by atomic mass is 10.0. The van der Waals surface area contributed by atoms with Gasteiger partial charge in [0, 0.05) is 5.56 Å². The van der Waals surface area contributed by atoms with Gasteiger partial charge in [-0.05, 0) is 49.1 Å². The minimum Gasteiger partial charge on any atom is -0.494 e. The Morgan fingerprint density at radius 2 is 1.24 bits per heavy atom. The molecule has 0 N–H and O–H groups in total. The molecule has 4 nitrogen and oxygen atoms in total. The lowest BCUT2D eigenvalue weighted by molar-refractivity contribution is 0.0474. The van der Waals surface area contributed by atoms with Crippen LogP contribution in [0.1, 0.15) is 104 Å². The predicted molar refractivity (Wildman–Crippen MR) is 134 cm³/mol. The van der Waals surface area contributed by atoms with E-state index in [1.165, 1.54) is 63.4 Å². The molecule has 0 saturated heterocycles. The van der Waals surface area contributed by atoms with Gasteiger partial charge in [0.05, 0.1) is 12.2 Å². The Labute approximate surface area is 199 Å². The molecule has 33 heavy (non-hydrogen) atoms. The fraction of sp³-hybridized carbons (Fsp3) is 0.517. The van der Waals surface area contributed by atoms with Crippen LogP contribution in [0.25, 0.3) is 0 Å². The summed E-state index contributed by atoms with van der Waals surface area (Å²) in [6.07, 6.45) is 13.2. The lowest BCUT2D eigenvalue weighted by Gasteiger charge is -2.08. The average Bonchev–Trinajstić information content (AvgIpc) is 2.85. The maximum Gasteiger partial charge on any atom is 0.338 e. The Morgan fingerprint density at radius 1 is 0.667 bits per heavy atom. The Balaban J connectivity index is 1.69. The summed E-state index contributed by atoms with van der Waals surface area (Å²) in [5.41, 5.74) is 2.22. The number of hydrogen-bond acceptors (Lipinski definition) is 4. The molecule has 2 aromatic rings. The second-order valence-electron chi connectivity index (χ2n) is 8.65. The van der Waals surface area contributed by atoms with Crippen molar-refractivity contribution >= 4 is 11.8 Å². The van der Waals surface area contributed by atoms with Crippen molar-refractivity contribution in [2.45, 2.75) is 84.5 Å². The molecule has 0 heterocycles. The van der Waals surface area contributed by atoms with Gasteiger partial charge in [0.15, 0.2) is 12.4 Å². The van der Waals surface area contributed by atoms with Gasteiger partial charge in [-0.1, -0.05) is 89.5 Å². The van der Waals surface area contributed by atoms with Crippen molar-refractivity contribution in [3.8, 4) is 5.75 Å². The molecule has 0 aromatic heterocycles. The predicted octanol–water partition coefficient (Wildman–Crippen LogP) is 7.59. The summed E-state index contributed by atoms with van der Waals surface area (Å²) < 4.78 is 11.0. The second-order valence-corrected chi connectivity index (χ2v) is 8.65. The van der Waals surface area contributed by atoms with Crippen LogP contribution >= 0.6 is 0 Å². The molecule has 0 unspecified atom stereocenters. The highest BCUT2D eigenvalue weighted by Gasteiger charge is 2.12. The fourth-order valence-corrected chi connectivity index (χ4v) is 3.67. The molecule has 0 spiro atoms. The zero-order valence-corrected chi connectivity index (χ0v) is 20.4. The van der Waals surface area contributed by atoms with E-state index in [1.807, 2.05) is 24.3 Å². The monoisotopic (exact) mass is 452 g/mol. The molecular formula is C29H40O4. The molecular weight excluding hydrogens is 412 g/mol. The van der Waals surface area contributed by atoms with Crippen molar-refractivity contribution in [2.75, 3.05) is 13.2 Å². The van der Waals surface area contributed by atoms with Crippen LogP contribution < -0.4 is 4.74 Å². The number of aryl methyl sites for hydroxylation is 1. The zero-order chi connectivity index (χ0) is 23.7. The van der Waals surface area contributed by atoms with E-state index < -0.39 is 5.97 Å². The largest absolute Gasteiger partial charge is 0.494 e. The van der Waals surface area contributed by atoms with Gasteiger partial charge in [-0.15, -0.1) is 0 Å². The molecule has 0 aliphatic heterocycles. The number of ketones is 1. The van der Waals surface area contributed by atoms with Gasteiger partial charge in [-0.3, -0.25) is 4.79 Å². The molecule has 2 rings (SSSR count). The maximum atomic E-state index is 12.4. The number of unbranched alkanes of at least 4 members (excludes halogenated alkanes) is 8. The van der Waals surface area contributed by atoms with Gasteiger partial charge < -0.3 is 9.47 Å². The molecule has 0 fully saturated rings. The number of carbonyl (C=O) groups is 2. The highest BCUT2D eigenvalue weighted by atomic mass is 16.5. The summed E-state index contributed by atoms with van der Waals surface area (Å²) in [4.78, 5) is 24.7. The maximum absolute atomic E-state index is 12.4. The van der Waals surface area contributed by atoms with E-state index in [0.29, 0.717) is 17.7 Å². The fourth-order valence-electron chi connectivity index (χ4n) is 3.67. The first kappa shape index (κ1) is 26.6. The summed E-state index contributed by atoms with van der Waals surface area (Å²) in [5, 5.41) is 0. The molecule has 0 atom stereocenters. The van der Waals surface area contributed by atoms with Crippen molar-refractivity contribution in [1.82, 2.24) is 0 Å². The Kier molecular flexibility index (Phi) is 13.0. The topological polar surface area (TPSA) is 52.6 Å². The summed E-state index contributed by atoms with van der Waals surface area (Å²) in [5.74, 6) is 0.0455. The van der Waals surface area contributed by atoms with E-state index >= 15 is 0 Å². The minimum absolute atomic E-state index is 0.195. The van der Waals surface area contributed by atoms with Gasteiger partial charge in [-0.25, -0.2) is 4.79 Å². The Hall–Kier alpha value is -2.62. The minimum atomic E-state index is -0.502. The van der Waals surface area contributed by atoms with E-state index in [-0.39, 0.29) is 12.4 Å². The third-order valence-corrected chi connectivity index (χ3v) is 5.79. The molecule has 0 saturated carbocycles. The Bertz CT molecular complexity index is 809. The van der Waals surface area contributed by atoms with Crippen LogP contribution in [-0.2, 0) is 11.2 Å². The standard InChI is InChI=1S/C29H40O4/c1-3-5-7-9-10-12-22-32-27-20-18-26(19-21-27)29(31)33-23-28(30)25-16-14-24(15-17-25)13-11-8-6-4-2/h14-21H,3-13,22-23H2,1-2H3. The normalized spacial score (nSPS) is 10.7. The van der Waals surface area contributed by atoms with Crippen molar-refractivity contribution in [1.29, 1.82) is 0 Å². The summed E-state index contributed by atoms with van der Waals surface area (Å²) in [7, 11) is 0. The van der Waals surface area contributed by atoms with Gasteiger partial charge in [0.2, 0.25) is 0 Å². The van der Waals surface area contributed by atoms with Crippen molar-refractivity contribution in [3.05, 3.63) is 65.2 Å².